The van der Waals surface area contributed by atoms with E-state index in [-0.39, 0.29) is 6.10 Å². The van der Waals surface area contributed by atoms with Gasteiger partial charge in [-0.3, -0.25) is 0 Å². The van der Waals surface area contributed by atoms with Crippen molar-refractivity contribution in [3.8, 4) is 5.75 Å². The van der Waals surface area contributed by atoms with Crippen molar-refractivity contribution in [2.75, 3.05) is 45.5 Å². The second-order valence-electron chi connectivity index (χ2n) is 5.43. The molecule has 19 heavy (non-hydrogen) atoms. The number of likely N-dealkylation sites (N-methyl/N-ethyl adjacent to an activating group) is 1. The van der Waals surface area contributed by atoms with Crippen LogP contribution in [0.25, 0.3) is 0 Å². The summed E-state index contributed by atoms with van der Waals surface area (Å²) in [7, 11) is 2.18. The largest absolute Gasteiger partial charge is 0.491 e. The van der Waals surface area contributed by atoms with Gasteiger partial charge >= 0.3 is 0 Å². The molecular formula is C15H25N3O. The summed E-state index contributed by atoms with van der Waals surface area (Å²) >= 11 is 0. The second kappa shape index (κ2) is 6.78. The van der Waals surface area contributed by atoms with Crippen molar-refractivity contribution in [2.45, 2.75) is 19.4 Å². The smallest absolute Gasteiger partial charge is 0.119 e. The van der Waals surface area contributed by atoms with Crippen molar-refractivity contribution < 1.29 is 4.74 Å². The summed E-state index contributed by atoms with van der Waals surface area (Å²) < 4.78 is 5.89. The van der Waals surface area contributed by atoms with Crippen LogP contribution >= 0.6 is 0 Å². The molecule has 1 heterocycles. The summed E-state index contributed by atoms with van der Waals surface area (Å²) in [4.78, 5) is 4.90. The minimum Gasteiger partial charge on any atom is -0.491 e. The molecule has 106 valence electrons. The van der Waals surface area contributed by atoms with E-state index in [1.54, 1.807) is 0 Å². The molecule has 0 saturated carbocycles. The standard InChI is InChI=1S/C15H25N3O/c1-13(19-15-5-3-14(16)4-6-15)7-8-18-11-9-17(2)10-12-18/h3-6,13H,7-12,16H2,1-2H3. The minimum absolute atomic E-state index is 0.239. The first-order valence-corrected chi connectivity index (χ1v) is 7.06. The first kappa shape index (κ1) is 14.2. The molecule has 1 unspecified atom stereocenters. The van der Waals surface area contributed by atoms with Crippen LogP contribution in [0.2, 0.25) is 0 Å². The zero-order valence-electron chi connectivity index (χ0n) is 12.0. The predicted octanol–water partition coefficient (Wildman–Crippen LogP) is 1.67. The molecule has 1 aliphatic rings. The lowest BCUT2D eigenvalue weighted by Crippen LogP contribution is -2.45. The lowest BCUT2D eigenvalue weighted by molar-refractivity contribution is 0.129. The third kappa shape index (κ3) is 4.73. The van der Waals surface area contributed by atoms with Gasteiger partial charge in [0.2, 0.25) is 0 Å². The van der Waals surface area contributed by atoms with Crippen molar-refractivity contribution in [3.05, 3.63) is 24.3 Å². The fourth-order valence-electron chi connectivity index (χ4n) is 2.27. The van der Waals surface area contributed by atoms with Gasteiger partial charge in [-0.1, -0.05) is 0 Å². The Morgan fingerprint density at radius 2 is 1.79 bits per heavy atom. The maximum atomic E-state index is 5.89. The van der Waals surface area contributed by atoms with E-state index in [0.717, 1.165) is 24.4 Å². The van der Waals surface area contributed by atoms with Gasteiger partial charge in [-0.15, -0.1) is 0 Å². The van der Waals surface area contributed by atoms with E-state index < -0.39 is 0 Å². The monoisotopic (exact) mass is 263 g/mol. The normalized spacial score (nSPS) is 19.3. The summed E-state index contributed by atoms with van der Waals surface area (Å²) in [6, 6.07) is 7.62. The Balaban J connectivity index is 1.69. The number of hydrogen-bond acceptors (Lipinski definition) is 4. The van der Waals surface area contributed by atoms with Crippen LogP contribution in [0.1, 0.15) is 13.3 Å². The molecule has 4 heteroatoms. The van der Waals surface area contributed by atoms with E-state index in [2.05, 4.69) is 23.8 Å². The van der Waals surface area contributed by atoms with Gasteiger partial charge in [-0.25, -0.2) is 0 Å². The van der Waals surface area contributed by atoms with Gasteiger partial charge in [0.25, 0.3) is 0 Å². The second-order valence-corrected chi connectivity index (χ2v) is 5.43. The van der Waals surface area contributed by atoms with Crippen LogP contribution in [-0.2, 0) is 0 Å². The number of benzene rings is 1. The number of piperazine rings is 1. The van der Waals surface area contributed by atoms with Crippen molar-refractivity contribution in [1.82, 2.24) is 9.80 Å². The Morgan fingerprint density at radius 3 is 2.42 bits per heavy atom. The maximum absolute atomic E-state index is 5.89. The number of rotatable bonds is 5. The van der Waals surface area contributed by atoms with Gasteiger partial charge in [-0.2, -0.15) is 0 Å². The number of nitrogens with two attached hydrogens (primary N) is 1. The average Bonchev–Trinajstić information content (AvgIpc) is 2.41. The molecule has 0 radical (unpaired) electrons. The van der Waals surface area contributed by atoms with Crippen molar-refractivity contribution in [1.29, 1.82) is 0 Å². The first-order chi connectivity index (χ1) is 9.13. The van der Waals surface area contributed by atoms with Crippen molar-refractivity contribution in [3.63, 3.8) is 0 Å². The van der Waals surface area contributed by atoms with E-state index in [9.17, 15) is 0 Å². The molecular weight excluding hydrogens is 238 g/mol. The molecule has 1 fully saturated rings. The van der Waals surface area contributed by atoms with Gasteiger partial charge in [0.1, 0.15) is 5.75 Å². The zero-order chi connectivity index (χ0) is 13.7. The number of nitrogens with zero attached hydrogens (tertiary/aromatic N) is 2. The third-order valence-electron chi connectivity index (χ3n) is 3.67. The third-order valence-corrected chi connectivity index (χ3v) is 3.67. The van der Waals surface area contributed by atoms with Gasteiger partial charge in [0, 0.05) is 38.4 Å². The topological polar surface area (TPSA) is 41.7 Å². The molecule has 2 rings (SSSR count). The average molecular weight is 263 g/mol. The lowest BCUT2D eigenvalue weighted by atomic mass is 10.2. The molecule has 0 bridgehead atoms. The van der Waals surface area contributed by atoms with E-state index in [1.165, 1.54) is 26.2 Å². The summed E-state index contributed by atoms with van der Waals surface area (Å²) in [6.07, 6.45) is 1.30. The Kier molecular flexibility index (Phi) is 5.05. The molecule has 4 nitrogen and oxygen atoms in total. The Bertz CT molecular complexity index is 371. The highest BCUT2D eigenvalue weighted by Gasteiger charge is 2.14. The van der Waals surface area contributed by atoms with Crippen LogP contribution in [0.15, 0.2) is 24.3 Å². The summed E-state index contributed by atoms with van der Waals surface area (Å²) in [5, 5.41) is 0. The summed E-state index contributed by atoms with van der Waals surface area (Å²) in [6.45, 7) is 7.94. The molecule has 0 amide bonds. The molecule has 1 atom stereocenters. The van der Waals surface area contributed by atoms with E-state index in [0.29, 0.717) is 0 Å². The number of anilines is 1. The molecule has 0 spiro atoms. The highest BCUT2D eigenvalue weighted by molar-refractivity contribution is 5.41. The van der Waals surface area contributed by atoms with Gasteiger partial charge < -0.3 is 20.3 Å². The van der Waals surface area contributed by atoms with Crippen LogP contribution in [0, 0.1) is 0 Å². The zero-order valence-corrected chi connectivity index (χ0v) is 12.0. The Morgan fingerprint density at radius 1 is 1.16 bits per heavy atom. The molecule has 2 N–H and O–H groups in total. The Hall–Kier alpha value is -1.26. The van der Waals surface area contributed by atoms with E-state index >= 15 is 0 Å². The molecule has 0 aliphatic carbocycles. The number of nitrogen functional groups attached to an aromatic ring is 1. The fourth-order valence-corrected chi connectivity index (χ4v) is 2.27. The number of hydrogen-bond donors (Lipinski definition) is 1. The summed E-state index contributed by atoms with van der Waals surface area (Å²) in [5.74, 6) is 0.903. The molecule has 0 aromatic heterocycles. The highest BCUT2D eigenvalue weighted by atomic mass is 16.5. The quantitative estimate of drug-likeness (QED) is 0.821. The Labute approximate surface area is 116 Å². The summed E-state index contributed by atoms with van der Waals surface area (Å²) in [5.41, 5.74) is 6.43. The molecule has 1 saturated heterocycles. The van der Waals surface area contributed by atoms with Crippen LogP contribution in [0.4, 0.5) is 5.69 Å². The SMILES string of the molecule is CC(CCN1CCN(C)CC1)Oc1ccc(N)cc1. The fraction of sp³-hybridized carbons (Fsp3) is 0.600. The van der Waals surface area contributed by atoms with Crippen LogP contribution in [0.3, 0.4) is 0 Å². The molecule has 1 aromatic carbocycles. The van der Waals surface area contributed by atoms with E-state index in [4.69, 9.17) is 10.5 Å². The molecule has 1 aromatic rings. The minimum atomic E-state index is 0.239. The highest BCUT2D eigenvalue weighted by Crippen LogP contribution is 2.16. The maximum Gasteiger partial charge on any atom is 0.119 e. The van der Waals surface area contributed by atoms with Crippen LogP contribution in [-0.4, -0.2) is 55.7 Å². The van der Waals surface area contributed by atoms with Crippen LogP contribution in [0.5, 0.6) is 5.75 Å². The number of ether oxygens (including phenoxy) is 1. The van der Waals surface area contributed by atoms with Gasteiger partial charge in [0.05, 0.1) is 6.10 Å². The predicted molar refractivity (Wildman–Crippen MR) is 79.5 cm³/mol. The molecule has 1 aliphatic heterocycles. The van der Waals surface area contributed by atoms with Gasteiger partial charge in [-0.05, 0) is 44.7 Å². The van der Waals surface area contributed by atoms with Crippen molar-refractivity contribution in [2.24, 2.45) is 0 Å². The van der Waals surface area contributed by atoms with Crippen LogP contribution < -0.4 is 10.5 Å². The van der Waals surface area contributed by atoms with Gasteiger partial charge in [0.15, 0.2) is 0 Å². The van der Waals surface area contributed by atoms with E-state index in [1.807, 2.05) is 24.3 Å². The first-order valence-electron chi connectivity index (χ1n) is 7.06. The van der Waals surface area contributed by atoms with Crippen molar-refractivity contribution >= 4 is 5.69 Å². The lowest BCUT2D eigenvalue weighted by Gasteiger charge is -2.32.